The third-order valence-corrected chi connectivity index (χ3v) is 4.43. The number of thiophene rings is 1. The molecule has 0 aliphatic heterocycles. The van der Waals surface area contributed by atoms with Gasteiger partial charge in [0.25, 0.3) is 0 Å². The summed E-state index contributed by atoms with van der Waals surface area (Å²) in [5.41, 5.74) is 1.32. The van der Waals surface area contributed by atoms with E-state index in [0.29, 0.717) is 6.04 Å². The standard InChI is InChI=1S/C14H16BrNS/c1-11(13-6-2-3-7-14(13)15)16-9-8-12-5-4-10-17-12/h2-7,10-11,16H,8-9H2,1H3/t11-/m1/s1. The lowest BCUT2D eigenvalue weighted by atomic mass is 10.1. The summed E-state index contributed by atoms with van der Waals surface area (Å²) >= 11 is 5.41. The van der Waals surface area contributed by atoms with Gasteiger partial charge >= 0.3 is 0 Å². The van der Waals surface area contributed by atoms with Crippen LogP contribution in [0.15, 0.2) is 46.3 Å². The number of halogens is 1. The number of nitrogens with one attached hydrogen (secondary N) is 1. The Morgan fingerprint density at radius 2 is 2.06 bits per heavy atom. The Labute approximate surface area is 115 Å². The maximum Gasteiger partial charge on any atom is 0.0303 e. The van der Waals surface area contributed by atoms with Crippen molar-refractivity contribution < 1.29 is 0 Å². The average Bonchev–Trinajstić information content (AvgIpc) is 2.82. The Bertz CT molecular complexity index is 453. The van der Waals surface area contributed by atoms with Gasteiger partial charge in [0.05, 0.1) is 0 Å². The maximum atomic E-state index is 3.59. The SMILES string of the molecule is C[C@@H](NCCc1cccs1)c1ccccc1Br. The van der Waals surface area contributed by atoms with Gasteiger partial charge in [0, 0.05) is 21.9 Å². The minimum atomic E-state index is 0.380. The van der Waals surface area contributed by atoms with E-state index in [9.17, 15) is 0 Å². The summed E-state index contributed by atoms with van der Waals surface area (Å²) in [5.74, 6) is 0. The molecule has 3 heteroatoms. The molecule has 0 bridgehead atoms. The van der Waals surface area contributed by atoms with E-state index in [-0.39, 0.29) is 0 Å². The van der Waals surface area contributed by atoms with Crippen molar-refractivity contribution in [1.82, 2.24) is 5.32 Å². The Morgan fingerprint density at radius 3 is 2.76 bits per heavy atom. The van der Waals surface area contributed by atoms with E-state index >= 15 is 0 Å². The zero-order chi connectivity index (χ0) is 12.1. The van der Waals surface area contributed by atoms with Gasteiger partial charge < -0.3 is 5.32 Å². The molecule has 0 radical (unpaired) electrons. The molecule has 0 aliphatic rings. The topological polar surface area (TPSA) is 12.0 Å². The van der Waals surface area contributed by atoms with Gasteiger partial charge in [-0.3, -0.25) is 0 Å². The Kier molecular flexibility index (Phi) is 4.77. The highest BCUT2D eigenvalue weighted by molar-refractivity contribution is 9.10. The molecule has 2 aromatic rings. The fraction of sp³-hybridized carbons (Fsp3) is 0.286. The summed E-state index contributed by atoms with van der Waals surface area (Å²) in [5, 5.41) is 5.69. The van der Waals surface area contributed by atoms with Crippen LogP contribution in [0, 0.1) is 0 Å². The molecule has 17 heavy (non-hydrogen) atoms. The summed E-state index contributed by atoms with van der Waals surface area (Å²) in [4.78, 5) is 1.44. The highest BCUT2D eigenvalue weighted by atomic mass is 79.9. The quantitative estimate of drug-likeness (QED) is 0.863. The summed E-state index contributed by atoms with van der Waals surface area (Å²) in [7, 11) is 0. The molecule has 1 aromatic heterocycles. The molecule has 0 spiro atoms. The molecule has 0 aliphatic carbocycles. The van der Waals surface area contributed by atoms with Crippen molar-refractivity contribution in [3.8, 4) is 0 Å². The van der Waals surface area contributed by atoms with Gasteiger partial charge in [-0.2, -0.15) is 0 Å². The zero-order valence-electron chi connectivity index (χ0n) is 9.82. The first kappa shape index (κ1) is 12.8. The summed E-state index contributed by atoms with van der Waals surface area (Å²) in [6.07, 6.45) is 1.10. The van der Waals surface area contributed by atoms with Gasteiger partial charge in [0.15, 0.2) is 0 Å². The van der Waals surface area contributed by atoms with E-state index in [1.165, 1.54) is 14.9 Å². The number of rotatable bonds is 5. The Hall–Kier alpha value is -0.640. The molecule has 1 atom stereocenters. The zero-order valence-corrected chi connectivity index (χ0v) is 12.2. The summed E-state index contributed by atoms with van der Waals surface area (Å²) in [6, 6.07) is 13.1. The largest absolute Gasteiger partial charge is 0.310 e. The van der Waals surface area contributed by atoms with Gasteiger partial charge in [0.2, 0.25) is 0 Å². The number of hydrogen-bond donors (Lipinski definition) is 1. The van der Waals surface area contributed by atoms with Crippen LogP contribution in [-0.4, -0.2) is 6.54 Å². The van der Waals surface area contributed by atoms with Gasteiger partial charge in [-0.25, -0.2) is 0 Å². The normalized spacial score (nSPS) is 12.6. The van der Waals surface area contributed by atoms with Crippen LogP contribution in [0.4, 0.5) is 0 Å². The number of benzene rings is 1. The third kappa shape index (κ3) is 3.66. The number of hydrogen-bond acceptors (Lipinski definition) is 2. The molecule has 1 N–H and O–H groups in total. The van der Waals surface area contributed by atoms with E-state index in [1.54, 1.807) is 0 Å². The molecule has 0 saturated heterocycles. The van der Waals surface area contributed by atoms with Crippen LogP contribution in [0.1, 0.15) is 23.4 Å². The third-order valence-electron chi connectivity index (χ3n) is 2.77. The lowest BCUT2D eigenvalue weighted by molar-refractivity contribution is 0.577. The van der Waals surface area contributed by atoms with Gasteiger partial charge in [-0.15, -0.1) is 11.3 Å². The van der Waals surface area contributed by atoms with Gasteiger partial charge in [-0.1, -0.05) is 40.2 Å². The van der Waals surface area contributed by atoms with E-state index in [2.05, 4.69) is 63.9 Å². The second kappa shape index (κ2) is 6.34. The van der Waals surface area contributed by atoms with Crippen molar-refractivity contribution in [2.24, 2.45) is 0 Å². The first-order chi connectivity index (χ1) is 8.27. The molecular formula is C14H16BrNS. The first-order valence-corrected chi connectivity index (χ1v) is 7.45. The highest BCUT2D eigenvalue weighted by Crippen LogP contribution is 2.22. The van der Waals surface area contributed by atoms with Gasteiger partial charge in [-0.05, 0) is 36.4 Å². The van der Waals surface area contributed by atoms with Crippen LogP contribution in [-0.2, 0) is 6.42 Å². The molecule has 0 saturated carbocycles. The molecule has 0 fully saturated rings. The van der Waals surface area contributed by atoms with E-state index in [1.807, 2.05) is 17.4 Å². The van der Waals surface area contributed by atoms with E-state index in [0.717, 1.165) is 13.0 Å². The Morgan fingerprint density at radius 1 is 1.24 bits per heavy atom. The first-order valence-electron chi connectivity index (χ1n) is 5.77. The fourth-order valence-electron chi connectivity index (χ4n) is 1.80. The highest BCUT2D eigenvalue weighted by Gasteiger charge is 2.07. The Balaban J connectivity index is 1.85. The van der Waals surface area contributed by atoms with Crippen LogP contribution in [0.2, 0.25) is 0 Å². The van der Waals surface area contributed by atoms with Crippen LogP contribution in [0.5, 0.6) is 0 Å². The predicted octanol–water partition coefficient (Wildman–Crippen LogP) is 4.40. The van der Waals surface area contributed by atoms with Crippen molar-refractivity contribution in [3.05, 3.63) is 56.7 Å². The van der Waals surface area contributed by atoms with Crippen molar-refractivity contribution in [1.29, 1.82) is 0 Å². The lowest BCUT2D eigenvalue weighted by Crippen LogP contribution is -2.21. The van der Waals surface area contributed by atoms with Crippen molar-refractivity contribution >= 4 is 27.3 Å². The van der Waals surface area contributed by atoms with Crippen LogP contribution < -0.4 is 5.32 Å². The molecule has 1 nitrogen and oxygen atoms in total. The van der Waals surface area contributed by atoms with Crippen molar-refractivity contribution in [2.75, 3.05) is 6.54 Å². The summed E-state index contributed by atoms with van der Waals surface area (Å²) < 4.78 is 1.18. The predicted molar refractivity (Wildman–Crippen MR) is 78.6 cm³/mol. The van der Waals surface area contributed by atoms with E-state index in [4.69, 9.17) is 0 Å². The molecule has 1 aromatic carbocycles. The molecule has 0 amide bonds. The smallest absolute Gasteiger partial charge is 0.0303 e. The monoisotopic (exact) mass is 309 g/mol. The summed E-state index contributed by atoms with van der Waals surface area (Å²) in [6.45, 7) is 3.22. The average molecular weight is 310 g/mol. The fourth-order valence-corrected chi connectivity index (χ4v) is 3.14. The minimum Gasteiger partial charge on any atom is -0.310 e. The maximum absolute atomic E-state index is 3.59. The van der Waals surface area contributed by atoms with Crippen LogP contribution in [0.25, 0.3) is 0 Å². The van der Waals surface area contributed by atoms with Crippen molar-refractivity contribution in [3.63, 3.8) is 0 Å². The molecule has 90 valence electrons. The van der Waals surface area contributed by atoms with Crippen molar-refractivity contribution in [2.45, 2.75) is 19.4 Å². The van der Waals surface area contributed by atoms with E-state index < -0.39 is 0 Å². The molecule has 2 rings (SSSR count). The van der Waals surface area contributed by atoms with Crippen LogP contribution in [0.3, 0.4) is 0 Å². The molecule has 0 unspecified atom stereocenters. The van der Waals surface area contributed by atoms with Gasteiger partial charge in [0.1, 0.15) is 0 Å². The molecule has 1 heterocycles. The second-order valence-corrected chi connectivity index (χ2v) is 5.91. The second-order valence-electron chi connectivity index (χ2n) is 4.03. The minimum absolute atomic E-state index is 0.380. The molecular weight excluding hydrogens is 294 g/mol. The van der Waals surface area contributed by atoms with Crippen LogP contribution >= 0.6 is 27.3 Å². The lowest BCUT2D eigenvalue weighted by Gasteiger charge is -2.15.